The molecule has 0 fully saturated rings. The Balaban J connectivity index is 2.19. The maximum absolute atomic E-state index is 5.94. The summed E-state index contributed by atoms with van der Waals surface area (Å²) >= 11 is 3.52. The number of ether oxygens (including phenoxy) is 1. The normalized spacial score (nSPS) is 10.5. The van der Waals surface area contributed by atoms with Crippen LogP contribution in [0.4, 0.5) is 0 Å². The molecule has 0 unspecified atom stereocenters. The van der Waals surface area contributed by atoms with Crippen LogP contribution >= 0.6 is 15.9 Å². The van der Waals surface area contributed by atoms with Gasteiger partial charge in [-0.05, 0) is 43.8 Å². The summed E-state index contributed by atoms with van der Waals surface area (Å²) in [5, 5.41) is 3.16. The fourth-order valence-electron chi connectivity index (χ4n) is 1.96. The van der Waals surface area contributed by atoms with E-state index in [1.54, 1.807) is 6.20 Å². The fraction of sp³-hybridized carbons (Fsp3) is 0.267. The molecule has 0 atom stereocenters. The molecule has 0 amide bonds. The molecule has 19 heavy (non-hydrogen) atoms. The number of rotatable bonds is 5. The topological polar surface area (TPSA) is 34.1 Å². The number of pyridine rings is 1. The second-order valence-corrected chi connectivity index (χ2v) is 5.27. The van der Waals surface area contributed by atoms with E-state index in [4.69, 9.17) is 4.74 Å². The molecule has 2 aromatic rings. The number of nitrogens with one attached hydrogen (secondary N) is 1. The lowest BCUT2D eigenvalue weighted by Gasteiger charge is -2.14. The van der Waals surface area contributed by atoms with Crippen LogP contribution in [-0.2, 0) is 13.2 Å². The van der Waals surface area contributed by atoms with Gasteiger partial charge in [-0.2, -0.15) is 0 Å². The summed E-state index contributed by atoms with van der Waals surface area (Å²) in [5.41, 5.74) is 3.20. The molecular formula is C15H17BrN2O. The van der Waals surface area contributed by atoms with E-state index in [1.165, 1.54) is 0 Å². The molecule has 0 spiro atoms. The van der Waals surface area contributed by atoms with Gasteiger partial charge in [-0.3, -0.25) is 4.98 Å². The third-order valence-electron chi connectivity index (χ3n) is 2.77. The highest BCUT2D eigenvalue weighted by atomic mass is 79.9. The first-order valence-electron chi connectivity index (χ1n) is 6.17. The van der Waals surface area contributed by atoms with Crippen molar-refractivity contribution in [3.63, 3.8) is 0 Å². The van der Waals surface area contributed by atoms with E-state index in [-0.39, 0.29) is 0 Å². The minimum Gasteiger partial charge on any atom is -0.487 e. The Labute approximate surface area is 122 Å². The molecule has 0 saturated heterocycles. The lowest BCUT2D eigenvalue weighted by atomic mass is 10.1. The van der Waals surface area contributed by atoms with Gasteiger partial charge in [0.05, 0.1) is 5.69 Å². The van der Waals surface area contributed by atoms with Gasteiger partial charge in [-0.15, -0.1) is 0 Å². The van der Waals surface area contributed by atoms with E-state index in [2.05, 4.69) is 45.3 Å². The van der Waals surface area contributed by atoms with Crippen LogP contribution in [0.3, 0.4) is 0 Å². The summed E-state index contributed by atoms with van der Waals surface area (Å²) in [5.74, 6) is 0.934. The predicted octanol–water partition coefficient (Wildman–Crippen LogP) is 3.45. The Hall–Kier alpha value is -1.39. The van der Waals surface area contributed by atoms with Crippen molar-refractivity contribution in [1.29, 1.82) is 0 Å². The zero-order chi connectivity index (χ0) is 13.7. The molecule has 0 bridgehead atoms. The third kappa shape index (κ3) is 3.78. The molecule has 100 valence electrons. The van der Waals surface area contributed by atoms with Crippen LogP contribution in [-0.4, -0.2) is 12.0 Å². The zero-order valence-corrected chi connectivity index (χ0v) is 12.7. The van der Waals surface area contributed by atoms with E-state index in [0.29, 0.717) is 6.61 Å². The Morgan fingerprint density at radius 1 is 1.32 bits per heavy atom. The van der Waals surface area contributed by atoms with E-state index in [1.807, 2.05) is 25.2 Å². The Kier molecular flexibility index (Phi) is 4.93. The lowest BCUT2D eigenvalue weighted by Crippen LogP contribution is -2.09. The van der Waals surface area contributed by atoms with Gasteiger partial charge in [0.15, 0.2) is 0 Å². The summed E-state index contributed by atoms with van der Waals surface area (Å²) in [6, 6.07) is 9.98. The van der Waals surface area contributed by atoms with Crippen LogP contribution in [0.2, 0.25) is 0 Å². The lowest BCUT2D eigenvalue weighted by molar-refractivity contribution is 0.295. The van der Waals surface area contributed by atoms with Gasteiger partial charge < -0.3 is 10.1 Å². The minimum absolute atomic E-state index is 0.486. The highest BCUT2D eigenvalue weighted by molar-refractivity contribution is 9.10. The first kappa shape index (κ1) is 14.0. The van der Waals surface area contributed by atoms with E-state index < -0.39 is 0 Å². The van der Waals surface area contributed by atoms with Crippen molar-refractivity contribution >= 4 is 15.9 Å². The number of hydrogen-bond acceptors (Lipinski definition) is 3. The summed E-state index contributed by atoms with van der Waals surface area (Å²) in [4.78, 5) is 4.27. The summed E-state index contributed by atoms with van der Waals surface area (Å²) in [6.45, 7) is 3.32. The average Bonchev–Trinajstić information content (AvgIpc) is 2.39. The van der Waals surface area contributed by atoms with Gasteiger partial charge in [0.25, 0.3) is 0 Å². The van der Waals surface area contributed by atoms with Crippen LogP contribution in [0, 0.1) is 6.92 Å². The molecule has 0 radical (unpaired) electrons. The van der Waals surface area contributed by atoms with Crippen molar-refractivity contribution in [1.82, 2.24) is 10.3 Å². The summed E-state index contributed by atoms with van der Waals surface area (Å²) in [6.07, 6.45) is 1.78. The molecule has 1 heterocycles. The second-order valence-electron chi connectivity index (χ2n) is 4.35. The van der Waals surface area contributed by atoms with Crippen molar-refractivity contribution in [3.8, 4) is 5.75 Å². The number of benzene rings is 1. The van der Waals surface area contributed by atoms with Crippen molar-refractivity contribution < 1.29 is 4.74 Å². The largest absolute Gasteiger partial charge is 0.487 e. The maximum Gasteiger partial charge on any atom is 0.130 e. The first-order chi connectivity index (χ1) is 9.20. The molecule has 1 aromatic heterocycles. The Morgan fingerprint density at radius 3 is 2.84 bits per heavy atom. The number of nitrogens with zero attached hydrogens (tertiary/aromatic N) is 1. The molecule has 0 aliphatic heterocycles. The Bertz CT molecular complexity index is 543. The predicted molar refractivity (Wildman–Crippen MR) is 80.2 cm³/mol. The molecule has 1 N–H and O–H groups in total. The maximum atomic E-state index is 5.94. The standard InChI is InChI=1S/C15H17BrN2O/c1-11-7-13(16)8-12(9-17-2)15(11)19-10-14-5-3-4-6-18-14/h3-8,17H,9-10H2,1-2H3. The number of hydrogen-bond donors (Lipinski definition) is 1. The van der Waals surface area contributed by atoms with Gasteiger partial charge in [-0.25, -0.2) is 0 Å². The van der Waals surface area contributed by atoms with Gasteiger partial charge in [0, 0.05) is 22.8 Å². The summed E-state index contributed by atoms with van der Waals surface area (Å²) < 4.78 is 7.01. The van der Waals surface area contributed by atoms with Crippen molar-refractivity contribution in [3.05, 3.63) is 57.8 Å². The van der Waals surface area contributed by atoms with E-state index in [0.717, 1.165) is 33.6 Å². The minimum atomic E-state index is 0.486. The van der Waals surface area contributed by atoms with Gasteiger partial charge >= 0.3 is 0 Å². The molecule has 0 saturated carbocycles. The quantitative estimate of drug-likeness (QED) is 0.916. The van der Waals surface area contributed by atoms with Gasteiger partial charge in [0.1, 0.15) is 12.4 Å². The molecule has 0 aliphatic rings. The number of aromatic nitrogens is 1. The smallest absolute Gasteiger partial charge is 0.130 e. The van der Waals surface area contributed by atoms with E-state index >= 15 is 0 Å². The number of halogens is 1. The van der Waals surface area contributed by atoms with Crippen LogP contribution in [0.15, 0.2) is 41.0 Å². The van der Waals surface area contributed by atoms with Crippen LogP contribution in [0.1, 0.15) is 16.8 Å². The third-order valence-corrected chi connectivity index (χ3v) is 3.23. The highest BCUT2D eigenvalue weighted by Crippen LogP contribution is 2.28. The fourth-order valence-corrected chi connectivity index (χ4v) is 2.58. The van der Waals surface area contributed by atoms with Crippen molar-refractivity contribution in [2.24, 2.45) is 0 Å². The Morgan fingerprint density at radius 2 is 2.16 bits per heavy atom. The number of aryl methyl sites for hydroxylation is 1. The first-order valence-corrected chi connectivity index (χ1v) is 6.96. The van der Waals surface area contributed by atoms with Crippen molar-refractivity contribution in [2.75, 3.05) is 7.05 Å². The second kappa shape index (κ2) is 6.68. The van der Waals surface area contributed by atoms with Crippen molar-refractivity contribution in [2.45, 2.75) is 20.1 Å². The zero-order valence-electron chi connectivity index (χ0n) is 11.1. The molecule has 1 aromatic carbocycles. The molecular weight excluding hydrogens is 304 g/mol. The monoisotopic (exact) mass is 320 g/mol. The highest BCUT2D eigenvalue weighted by Gasteiger charge is 2.09. The summed E-state index contributed by atoms with van der Waals surface area (Å²) in [7, 11) is 1.93. The van der Waals surface area contributed by atoms with Crippen LogP contribution < -0.4 is 10.1 Å². The SMILES string of the molecule is CNCc1cc(Br)cc(C)c1OCc1ccccn1. The van der Waals surface area contributed by atoms with Crippen LogP contribution in [0.5, 0.6) is 5.75 Å². The van der Waals surface area contributed by atoms with Gasteiger partial charge in [0.2, 0.25) is 0 Å². The molecule has 2 rings (SSSR count). The molecule has 0 aliphatic carbocycles. The molecule has 4 heteroatoms. The van der Waals surface area contributed by atoms with E-state index in [9.17, 15) is 0 Å². The average molecular weight is 321 g/mol. The molecule has 3 nitrogen and oxygen atoms in total. The van der Waals surface area contributed by atoms with Gasteiger partial charge in [-0.1, -0.05) is 22.0 Å². The van der Waals surface area contributed by atoms with Crippen LogP contribution in [0.25, 0.3) is 0 Å².